The van der Waals surface area contributed by atoms with Gasteiger partial charge in [0, 0.05) is 18.4 Å². The first-order valence-corrected chi connectivity index (χ1v) is 5.40. The zero-order valence-electron chi connectivity index (χ0n) is 10.0. The molecule has 0 bridgehead atoms. The van der Waals surface area contributed by atoms with Crippen LogP contribution in [0.25, 0.3) is 0 Å². The van der Waals surface area contributed by atoms with Crippen molar-refractivity contribution in [2.45, 2.75) is 45.7 Å². The number of rotatable bonds is 5. The van der Waals surface area contributed by atoms with Gasteiger partial charge in [-0.15, -0.1) is 0 Å². The molecule has 0 unspecified atom stereocenters. The highest BCUT2D eigenvalue weighted by Gasteiger charge is 2.16. The van der Waals surface area contributed by atoms with E-state index in [1.54, 1.807) is 6.20 Å². The van der Waals surface area contributed by atoms with E-state index in [2.05, 4.69) is 10.3 Å². The zero-order valence-corrected chi connectivity index (χ0v) is 10.0. The summed E-state index contributed by atoms with van der Waals surface area (Å²) in [5, 5.41) is 2.72. The summed E-state index contributed by atoms with van der Waals surface area (Å²) in [6.45, 7) is 5.93. The number of hydrogen-bond acceptors (Lipinski definition) is 4. The van der Waals surface area contributed by atoms with Crippen molar-refractivity contribution >= 4 is 5.91 Å². The lowest BCUT2D eigenvalue weighted by molar-refractivity contribution is -0.122. The molecular weight excluding hydrogens is 206 g/mol. The minimum Gasteiger partial charge on any atom is -0.444 e. The van der Waals surface area contributed by atoms with Crippen molar-refractivity contribution in [1.82, 2.24) is 10.3 Å². The Hall–Kier alpha value is -1.36. The van der Waals surface area contributed by atoms with Crippen molar-refractivity contribution in [2.24, 2.45) is 5.73 Å². The summed E-state index contributed by atoms with van der Waals surface area (Å²) >= 11 is 0. The number of aryl methyl sites for hydroxylation is 1. The van der Waals surface area contributed by atoms with Crippen molar-refractivity contribution in [3.05, 3.63) is 17.8 Å². The number of carbonyl (C=O) groups is 1. The number of aromatic nitrogens is 1. The molecule has 0 atom stereocenters. The van der Waals surface area contributed by atoms with E-state index in [0.717, 1.165) is 12.2 Å². The fourth-order valence-corrected chi connectivity index (χ4v) is 1.24. The molecule has 0 spiro atoms. The molecule has 1 aromatic rings. The number of hydrogen-bond donors (Lipinski definition) is 2. The van der Waals surface area contributed by atoms with Gasteiger partial charge in [0.2, 0.25) is 11.8 Å². The Balaban J connectivity index is 2.37. The molecule has 1 rings (SSSR count). The van der Waals surface area contributed by atoms with Crippen LogP contribution in [-0.4, -0.2) is 16.4 Å². The maximum atomic E-state index is 11.4. The predicted octanol–water partition coefficient (Wildman–Crippen LogP) is 0.981. The van der Waals surface area contributed by atoms with E-state index in [-0.39, 0.29) is 12.3 Å². The predicted molar refractivity (Wildman–Crippen MR) is 60.6 cm³/mol. The number of amides is 1. The number of nitrogens with zero attached hydrogens (tertiary/aromatic N) is 1. The molecule has 3 N–H and O–H groups in total. The minimum absolute atomic E-state index is 0.0938. The Morgan fingerprint density at radius 2 is 2.31 bits per heavy atom. The summed E-state index contributed by atoms with van der Waals surface area (Å²) in [4.78, 5) is 15.5. The van der Waals surface area contributed by atoms with Gasteiger partial charge in [0.1, 0.15) is 5.76 Å². The second-order valence-corrected chi connectivity index (χ2v) is 4.52. The SMILES string of the molecule is CCc1cnc(CNC(=O)CC(C)(C)N)o1. The fraction of sp³-hybridized carbons (Fsp3) is 0.636. The Labute approximate surface area is 95.4 Å². The van der Waals surface area contributed by atoms with Crippen LogP contribution in [0.1, 0.15) is 38.8 Å². The summed E-state index contributed by atoms with van der Waals surface area (Å²) in [6.07, 6.45) is 2.76. The standard InChI is InChI=1S/C11H19N3O2/c1-4-8-6-14-10(16-8)7-13-9(15)5-11(2,3)12/h6H,4-5,7,12H2,1-3H3,(H,13,15). The lowest BCUT2D eigenvalue weighted by Gasteiger charge is -2.16. The molecule has 1 aromatic heterocycles. The van der Waals surface area contributed by atoms with E-state index in [9.17, 15) is 4.79 Å². The third-order valence-electron chi connectivity index (χ3n) is 2.00. The molecule has 0 aromatic carbocycles. The normalized spacial score (nSPS) is 11.5. The molecule has 0 saturated heterocycles. The van der Waals surface area contributed by atoms with Gasteiger partial charge >= 0.3 is 0 Å². The highest BCUT2D eigenvalue weighted by molar-refractivity contribution is 5.76. The van der Waals surface area contributed by atoms with Gasteiger partial charge < -0.3 is 15.5 Å². The topological polar surface area (TPSA) is 81.2 Å². The van der Waals surface area contributed by atoms with Crippen LogP contribution in [0.4, 0.5) is 0 Å². The van der Waals surface area contributed by atoms with Gasteiger partial charge in [-0.05, 0) is 13.8 Å². The molecule has 16 heavy (non-hydrogen) atoms. The van der Waals surface area contributed by atoms with Crippen LogP contribution in [0.3, 0.4) is 0 Å². The average Bonchev–Trinajstić information content (AvgIpc) is 2.59. The van der Waals surface area contributed by atoms with Crippen LogP contribution in [0, 0.1) is 0 Å². The summed E-state index contributed by atoms with van der Waals surface area (Å²) in [7, 11) is 0. The van der Waals surface area contributed by atoms with E-state index in [1.807, 2.05) is 20.8 Å². The number of nitrogens with two attached hydrogens (primary N) is 1. The molecule has 0 aliphatic rings. The minimum atomic E-state index is -0.491. The summed E-state index contributed by atoms with van der Waals surface area (Å²) < 4.78 is 5.36. The first kappa shape index (κ1) is 12.7. The highest BCUT2D eigenvalue weighted by atomic mass is 16.4. The first-order valence-electron chi connectivity index (χ1n) is 5.40. The van der Waals surface area contributed by atoms with Gasteiger partial charge in [-0.1, -0.05) is 6.92 Å². The Morgan fingerprint density at radius 1 is 1.62 bits per heavy atom. The van der Waals surface area contributed by atoms with E-state index in [0.29, 0.717) is 12.4 Å². The van der Waals surface area contributed by atoms with Crippen molar-refractivity contribution < 1.29 is 9.21 Å². The summed E-state index contributed by atoms with van der Waals surface area (Å²) in [5.41, 5.74) is 5.24. The molecule has 5 heteroatoms. The second-order valence-electron chi connectivity index (χ2n) is 4.52. The van der Waals surface area contributed by atoms with Crippen molar-refractivity contribution in [3.63, 3.8) is 0 Å². The first-order chi connectivity index (χ1) is 7.40. The number of oxazole rings is 1. The second kappa shape index (κ2) is 5.12. The highest BCUT2D eigenvalue weighted by Crippen LogP contribution is 2.05. The molecule has 5 nitrogen and oxygen atoms in total. The number of nitrogens with one attached hydrogen (secondary N) is 1. The van der Waals surface area contributed by atoms with Crippen LogP contribution in [0.15, 0.2) is 10.6 Å². The lowest BCUT2D eigenvalue weighted by Crippen LogP contribution is -2.38. The van der Waals surface area contributed by atoms with Crippen LogP contribution in [-0.2, 0) is 17.8 Å². The van der Waals surface area contributed by atoms with Crippen molar-refractivity contribution in [1.29, 1.82) is 0 Å². The molecule has 1 heterocycles. The zero-order chi connectivity index (χ0) is 12.2. The molecule has 0 saturated carbocycles. The molecule has 0 aliphatic heterocycles. The third-order valence-corrected chi connectivity index (χ3v) is 2.00. The van der Waals surface area contributed by atoms with E-state index >= 15 is 0 Å². The monoisotopic (exact) mass is 225 g/mol. The fourth-order valence-electron chi connectivity index (χ4n) is 1.24. The Bertz CT molecular complexity index is 352. The Morgan fingerprint density at radius 3 is 2.81 bits per heavy atom. The largest absolute Gasteiger partial charge is 0.444 e. The molecule has 0 radical (unpaired) electrons. The average molecular weight is 225 g/mol. The van der Waals surface area contributed by atoms with E-state index in [1.165, 1.54) is 0 Å². The van der Waals surface area contributed by atoms with Crippen LogP contribution >= 0.6 is 0 Å². The van der Waals surface area contributed by atoms with Gasteiger partial charge in [0.25, 0.3) is 0 Å². The quantitative estimate of drug-likeness (QED) is 0.782. The molecule has 0 aliphatic carbocycles. The van der Waals surface area contributed by atoms with Gasteiger partial charge in [-0.3, -0.25) is 4.79 Å². The van der Waals surface area contributed by atoms with Crippen molar-refractivity contribution in [2.75, 3.05) is 0 Å². The molecule has 1 amide bonds. The van der Waals surface area contributed by atoms with E-state index < -0.39 is 5.54 Å². The van der Waals surface area contributed by atoms with Crippen molar-refractivity contribution in [3.8, 4) is 0 Å². The van der Waals surface area contributed by atoms with E-state index in [4.69, 9.17) is 10.2 Å². The molecule has 0 fully saturated rings. The maximum absolute atomic E-state index is 11.4. The summed E-state index contributed by atoms with van der Waals surface area (Å²) in [6, 6.07) is 0. The maximum Gasteiger partial charge on any atom is 0.222 e. The third kappa shape index (κ3) is 4.44. The van der Waals surface area contributed by atoms with Gasteiger partial charge in [0.05, 0.1) is 12.7 Å². The molecular formula is C11H19N3O2. The van der Waals surface area contributed by atoms with Gasteiger partial charge in [0.15, 0.2) is 0 Å². The lowest BCUT2D eigenvalue weighted by atomic mass is 10.0. The van der Waals surface area contributed by atoms with Gasteiger partial charge in [-0.2, -0.15) is 0 Å². The number of carbonyl (C=O) groups excluding carboxylic acids is 1. The Kier molecular flexibility index (Phi) is 4.06. The molecule has 90 valence electrons. The summed E-state index contributed by atoms with van der Waals surface area (Å²) in [5.74, 6) is 1.26. The van der Waals surface area contributed by atoms with Crippen LogP contribution < -0.4 is 11.1 Å². The smallest absolute Gasteiger partial charge is 0.222 e. The van der Waals surface area contributed by atoms with Crippen LogP contribution in [0.2, 0.25) is 0 Å². The van der Waals surface area contributed by atoms with Crippen LogP contribution in [0.5, 0.6) is 0 Å². The van der Waals surface area contributed by atoms with Gasteiger partial charge in [-0.25, -0.2) is 4.98 Å².